The molecule has 1 aliphatic heterocycles. The molecular formula is C13H16F2N2OS. The van der Waals surface area contributed by atoms with Crippen molar-refractivity contribution in [1.82, 2.24) is 0 Å². The highest BCUT2D eigenvalue weighted by molar-refractivity contribution is 7.80. The summed E-state index contributed by atoms with van der Waals surface area (Å²) in [6, 6.07) is 2.69. The van der Waals surface area contributed by atoms with Crippen molar-refractivity contribution in [1.29, 1.82) is 0 Å². The number of anilines is 1. The Kier molecular flexibility index (Phi) is 4.31. The number of hydrogen-bond acceptors (Lipinski definition) is 3. The van der Waals surface area contributed by atoms with Crippen molar-refractivity contribution in [3.63, 3.8) is 0 Å². The van der Waals surface area contributed by atoms with Crippen LogP contribution in [0.2, 0.25) is 0 Å². The third-order valence-electron chi connectivity index (χ3n) is 3.47. The average molecular weight is 286 g/mol. The van der Waals surface area contributed by atoms with Crippen LogP contribution in [-0.4, -0.2) is 29.3 Å². The predicted molar refractivity (Wildman–Crippen MR) is 74.3 cm³/mol. The van der Waals surface area contributed by atoms with E-state index < -0.39 is 11.6 Å². The Hall–Kier alpha value is -1.27. The van der Waals surface area contributed by atoms with Gasteiger partial charge in [0.25, 0.3) is 0 Å². The molecule has 1 fully saturated rings. The van der Waals surface area contributed by atoms with E-state index in [9.17, 15) is 13.9 Å². The Bertz CT molecular complexity index is 496. The molecule has 0 amide bonds. The first-order chi connectivity index (χ1) is 9.06. The Morgan fingerprint density at radius 1 is 1.37 bits per heavy atom. The number of rotatable bonds is 3. The van der Waals surface area contributed by atoms with Gasteiger partial charge >= 0.3 is 0 Å². The molecule has 1 aromatic rings. The fourth-order valence-corrected chi connectivity index (χ4v) is 2.62. The van der Waals surface area contributed by atoms with Gasteiger partial charge in [0.1, 0.15) is 4.99 Å². The summed E-state index contributed by atoms with van der Waals surface area (Å²) in [4.78, 5) is 1.55. The number of aliphatic hydroxyl groups excluding tert-OH is 1. The molecule has 0 aliphatic carbocycles. The normalized spacial score (nSPS) is 19.5. The van der Waals surface area contributed by atoms with E-state index in [-0.39, 0.29) is 28.9 Å². The van der Waals surface area contributed by atoms with Crippen molar-refractivity contribution in [2.45, 2.75) is 25.3 Å². The molecule has 6 heteroatoms. The van der Waals surface area contributed by atoms with E-state index in [4.69, 9.17) is 5.73 Å². The van der Waals surface area contributed by atoms with Crippen LogP contribution in [-0.2, 0) is 0 Å². The first kappa shape index (κ1) is 14.1. The van der Waals surface area contributed by atoms with Crippen LogP contribution in [0.5, 0.6) is 0 Å². The Labute approximate surface area is 116 Å². The van der Waals surface area contributed by atoms with Gasteiger partial charge in [0.05, 0.1) is 18.3 Å². The second kappa shape index (κ2) is 5.79. The lowest BCUT2D eigenvalue weighted by atomic mass is 10.0. The summed E-state index contributed by atoms with van der Waals surface area (Å²) in [5, 5.41) is 9.33. The maximum absolute atomic E-state index is 14.1. The van der Waals surface area contributed by atoms with E-state index in [1.807, 2.05) is 0 Å². The van der Waals surface area contributed by atoms with E-state index in [1.54, 1.807) is 4.90 Å². The Balaban J connectivity index is 2.39. The minimum absolute atomic E-state index is 0.0713. The second-order valence-electron chi connectivity index (χ2n) is 4.65. The minimum atomic E-state index is -1.02. The molecule has 0 saturated carbocycles. The third-order valence-corrected chi connectivity index (χ3v) is 3.69. The van der Waals surface area contributed by atoms with Crippen molar-refractivity contribution >= 4 is 22.9 Å². The highest BCUT2D eigenvalue weighted by atomic mass is 32.1. The standard InChI is InChI=1S/C13H16F2N2OS/c14-11-9(13(16)19)4-5-10(12(11)15)17-6-2-1-3-8(17)7-18/h4-5,8,18H,1-3,6-7H2,(H2,16,19). The molecule has 2 rings (SSSR count). The number of piperidine rings is 1. The van der Waals surface area contributed by atoms with Gasteiger partial charge in [-0.1, -0.05) is 12.2 Å². The van der Waals surface area contributed by atoms with Gasteiger partial charge in [-0.3, -0.25) is 0 Å². The molecule has 3 N–H and O–H groups in total. The lowest BCUT2D eigenvalue weighted by Crippen LogP contribution is -2.42. The fraction of sp³-hybridized carbons (Fsp3) is 0.462. The number of nitrogens with two attached hydrogens (primary N) is 1. The van der Waals surface area contributed by atoms with Crippen LogP contribution < -0.4 is 10.6 Å². The van der Waals surface area contributed by atoms with E-state index in [2.05, 4.69) is 12.2 Å². The molecule has 19 heavy (non-hydrogen) atoms. The van der Waals surface area contributed by atoms with Crippen LogP contribution in [0, 0.1) is 11.6 Å². The minimum Gasteiger partial charge on any atom is -0.394 e. The lowest BCUT2D eigenvalue weighted by molar-refractivity contribution is 0.239. The van der Waals surface area contributed by atoms with Gasteiger partial charge in [0.2, 0.25) is 0 Å². The zero-order valence-electron chi connectivity index (χ0n) is 10.4. The van der Waals surface area contributed by atoms with E-state index in [1.165, 1.54) is 12.1 Å². The number of hydrogen-bond donors (Lipinski definition) is 2. The van der Waals surface area contributed by atoms with Gasteiger partial charge < -0.3 is 15.7 Å². The highest BCUT2D eigenvalue weighted by Gasteiger charge is 2.26. The summed E-state index contributed by atoms with van der Waals surface area (Å²) in [6.45, 7) is 0.534. The summed E-state index contributed by atoms with van der Waals surface area (Å²) in [6.07, 6.45) is 2.65. The zero-order chi connectivity index (χ0) is 14.0. The lowest BCUT2D eigenvalue weighted by Gasteiger charge is -2.36. The zero-order valence-corrected chi connectivity index (χ0v) is 11.2. The van der Waals surface area contributed by atoms with Crippen LogP contribution in [0.15, 0.2) is 12.1 Å². The SMILES string of the molecule is NC(=S)c1ccc(N2CCCCC2CO)c(F)c1F. The third kappa shape index (κ3) is 2.69. The smallest absolute Gasteiger partial charge is 0.182 e. The second-order valence-corrected chi connectivity index (χ2v) is 5.09. The van der Waals surface area contributed by atoms with Crippen molar-refractivity contribution < 1.29 is 13.9 Å². The summed E-state index contributed by atoms with van der Waals surface area (Å²) in [5.74, 6) is -1.97. The van der Waals surface area contributed by atoms with Crippen LogP contribution >= 0.6 is 12.2 Å². The van der Waals surface area contributed by atoms with Gasteiger partial charge in [-0.05, 0) is 31.4 Å². The number of thiocarbonyl (C=S) groups is 1. The molecule has 1 aromatic carbocycles. The molecule has 0 spiro atoms. The number of nitrogens with zero attached hydrogens (tertiary/aromatic N) is 1. The fourth-order valence-electron chi connectivity index (χ4n) is 2.46. The summed E-state index contributed by atoms with van der Waals surface area (Å²) < 4.78 is 28.0. The van der Waals surface area contributed by atoms with Crippen molar-refractivity contribution in [2.24, 2.45) is 5.73 Å². The molecule has 3 nitrogen and oxygen atoms in total. The van der Waals surface area contributed by atoms with Gasteiger partial charge in [-0.15, -0.1) is 0 Å². The largest absolute Gasteiger partial charge is 0.394 e. The molecular weight excluding hydrogens is 270 g/mol. The predicted octanol–water partition coefficient (Wildman–Crippen LogP) is 1.95. The first-order valence-corrected chi connectivity index (χ1v) is 6.62. The molecule has 0 bridgehead atoms. The van der Waals surface area contributed by atoms with Crippen LogP contribution in [0.4, 0.5) is 14.5 Å². The number of aliphatic hydroxyl groups is 1. The maximum Gasteiger partial charge on any atom is 0.182 e. The molecule has 0 radical (unpaired) electrons. The maximum atomic E-state index is 14.1. The van der Waals surface area contributed by atoms with Crippen molar-refractivity contribution in [2.75, 3.05) is 18.1 Å². The van der Waals surface area contributed by atoms with Crippen LogP contribution in [0.25, 0.3) is 0 Å². The van der Waals surface area contributed by atoms with Gasteiger partial charge in [0, 0.05) is 12.1 Å². The van der Waals surface area contributed by atoms with E-state index in [0.717, 1.165) is 19.3 Å². The van der Waals surface area contributed by atoms with E-state index in [0.29, 0.717) is 6.54 Å². The molecule has 1 unspecified atom stereocenters. The van der Waals surface area contributed by atoms with Gasteiger partial charge in [0.15, 0.2) is 11.6 Å². The Morgan fingerprint density at radius 3 is 2.74 bits per heavy atom. The van der Waals surface area contributed by atoms with E-state index >= 15 is 0 Å². The van der Waals surface area contributed by atoms with Crippen LogP contribution in [0.3, 0.4) is 0 Å². The highest BCUT2D eigenvalue weighted by Crippen LogP contribution is 2.29. The molecule has 104 valence electrons. The van der Waals surface area contributed by atoms with Crippen LogP contribution in [0.1, 0.15) is 24.8 Å². The van der Waals surface area contributed by atoms with Gasteiger partial charge in [-0.25, -0.2) is 8.78 Å². The van der Waals surface area contributed by atoms with Crippen molar-refractivity contribution in [3.8, 4) is 0 Å². The molecule has 1 aliphatic rings. The first-order valence-electron chi connectivity index (χ1n) is 6.21. The number of halogens is 2. The topological polar surface area (TPSA) is 49.5 Å². The van der Waals surface area contributed by atoms with Crippen molar-refractivity contribution in [3.05, 3.63) is 29.3 Å². The molecule has 0 aromatic heterocycles. The molecule has 1 saturated heterocycles. The van der Waals surface area contributed by atoms with Gasteiger partial charge in [-0.2, -0.15) is 0 Å². The monoisotopic (exact) mass is 286 g/mol. The quantitative estimate of drug-likeness (QED) is 0.834. The molecule has 1 heterocycles. The summed E-state index contributed by atoms with van der Waals surface area (Å²) >= 11 is 4.67. The summed E-state index contributed by atoms with van der Waals surface area (Å²) in [5.41, 5.74) is 5.41. The number of benzene rings is 1. The summed E-state index contributed by atoms with van der Waals surface area (Å²) in [7, 11) is 0. The average Bonchev–Trinajstić information content (AvgIpc) is 2.41. The molecule has 1 atom stereocenters. The Morgan fingerprint density at radius 2 is 2.11 bits per heavy atom.